The van der Waals surface area contributed by atoms with Crippen molar-refractivity contribution < 1.29 is 13.2 Å². The third-order valence-electron chi connectivity index (χ3n) is 2.54. The van der Waals surface area contributed by atoms with Gasteiger partial charge in [0, 0.05) is 0 Å². The average molecular weight is 333 g/mol. The minimum atomic E-state index is -4.57. The summed E-state index contributed by atoms with van der Waals surface area (Å²) < 4.78 is 38.4. The Morgan fingerprint density at radius 2 is 1.71 bits per heavy atom. The molecule has 110 valence electrons. The highest BCUT2D eigenvalue weighted by Crippen LogP contribution is 2.38. The molecule has 0 aliphatic rings. The molecule has 0 heterocycles. The number of nitrogens with zero attached hydrogens (tertiary/aromatic N) is 1. The minimum absolute atomic E-state index is 0.173. The standard InChI is InChI=1S/C14H9Cl2F3N2/c15-12-7-9(6-11(13(12)16)14(17,18)19)8-20-21-10-4-2-1-3-5-10/h1-8,21H. The normalized spacial score (nSPS) is 11.9. The van der Waals surface area contributed by atoms with Gasteiger partial charge >= 0.3 is 6.18 Å². The number of alkyl halides is 3. The van der Waals surface area contributed by atoms with E-state index in [4.69, 9.17) is 23.2 Å². The van der Waals surface area contributed by atoms with Gasteiger partial charge in [-0.25, -0.2) is 0 Å². The summed E-state index contributed by atoms with van der Waals surface area (Å²) in [6.45, 7) is 0. The molecule has 2 aromatic rings. The second-order valence-electron chi connectivity index (χ2n) is 4.10. The fraction of sp³-hybridized carbons (Fsp3) is 0.0714. The van der Waals surface area contributed by atoms with E-state index in [2.05, 4.69) is 10.5 Å². The first-order chi connectivity index (χ1) is 9.88. The van der Waals surface area contributed by atoms with Gasteiger partial charge in [-0.15, -0.1) is 0 Å². The Kier molecular flexibility index (Phi) is 4.75. The van der Waals surface area contributed by atoms with Crippen LogP contribution in [0.25, 0.3) is 0 Å². The summed E-state index contributed by atoms with van der Waals surface area (Å²) in [5, 5.41) is 3.17. The maximum Gasteiger partial charge on any atom is 0.417 e. The predicted octanol–water partition coefficient (Wildman–Crippen LogP) is 5.46. The number of hydrogen-bond donors (Lipinski definition) is 1. The highest BCUT2D eigenvalue weighted by Gasteiger charge is 2.34. The van der Waals surface area contributed by atoms with E-state index in [0.29, 0.717) is 5.69 Å². The van der Waals surface area contributed by atoms with Crippen LogP contribution in [0.5, 0.6) is 0 Å². The lowest BCUT2D eigenvalue weighted by Crippen LogP contribution is -2.07. The van der Waals surface area contributed by atoms with Crippen LogP contribution in [0.1, 0.15) is 11.1 Å². The van der Waals surface area contributed by atoms with Crippen molar-refractivity contribution in [2.24, 2.45) is 5.10 Å². The zero-order valence-corrected chi connectivity index (χ0v) is 12.0. The lowest BCUT2D eigenvalue weighted by molar-refractivity contribution is -0.137. The van der Waals surface area contributed by atoms with Gasteiger partial charge in [0.2, 0.25) is 0 Å². The summed E-state index contributed by atoms with van der Waals surface area (Å²) >= 11 is 11.3. The highest BCUT2D eigenvalue weighted by molar-refractivity contribution is 6.42. The summed E-state index contributed by atoms with van der Waals surface area (Å²) in [7, 11) is 0. The molecule has 0 radical (unpaired) electrons. The first-order valence-electron chi connectivity index (χ1n) is 5.78. The van der Waals surface area contributed by atoms with Crippen LogP contribution in [0.4, 0.5) is 18.9 Å². The SMILES string of the molecule is FC(F)(F)c1cc(C=NNc2ccccc2)cc(Cl)c1Cl. The molecule has 2 rings (SSSR count). The number of rotatable bonds is 3. The number of nitrogens with one attached hydrogen (secondary N) is 1. The summed E-state index contributed by atoms with van der Waals surface area (Å²) in [6.07, 6.45) is -3.33. The highest BCUT2D eigenvalue weighted by atomic mass is 35.5. The molecule has 2 aromatic carbocycles. The third-order valence-corrected chi connectivity index (χ3v) is 3.34. The van der Waals surface area contributed by atoms with Crippen molar-refractivity contribution in [2.75, 3.05) is 5.43 Å². The Bertz CT molecular complexity index is 655. The van der Waals surface area contributed by atoms with Gasteiger partial charge in [-0.05, 0) is 29.8 Å². The smallest absolute Gasteiger partial charge is 0.279 e. The molecule has 0 atom stereocenters. The molecule has 1 N–H and O–H groups in total. The molecule has 0 aliphatic carbocycles. The molecule has 0 fully saturated rings. The zero-order chi connectivity index (χ0) is 15.5. The van der Waals surface area contributed by atoms with Gasteiger partial charge in [-0.2, -0.15) is 18.3 Å². The predicted molar refractivity (Wildman–Crippen MR) is 79.1 cm³/mol. The van der Waals surface area contributed by atoms with Crippen LogP contribution in [0.2, 0.25) is 10.0 Å². The van der Waals surface area contributed by atoms with E-state index >= 15 is 0 Å². The van der Waals surface area contributed by atoms with Gasteiger partial charge in [0.05, 0.1) is 27.5 Å². The fourth-order valence-electron chi connectivity index (χ4n) is 1.58. The molecule has 0 aliphatic heterocycles. The van der Waals surface area contributed by atoms with Crippen LogP contribution >= 0.6 is 23.2 Å². The Morgan fingerprint density at radius 3 is 2.33 bits per heavy atom. The van der Waals surface area contributed by atoms with E-state index < -0.39 is 16.8 Å². The van der Waals surface area contributed by atoms with Crippen molar-refractivity contribution >= 4 is 35.1 Å². The maximum atomic E-state index is 12.8. The van der Waals surface area contributed by atoms with E-state index in [1.807, 2.05) is 6.07 Å². The minimum Gasteiger partial charge on any atom is -0.279 e. The fourth-order valence-corrected chi connectivity index (χ4v) is 2.03. The summed E-state index contributed by atoms with van der Waals surface area (Å²) in [6, 6.07) is 11.2. The Labute approximate surface area is 129 Å². The van der Waals surface area contributed by atoms with Gasteiger partial charge in [0.15, 0.2) is 0 Å². The second kappa shape index (κ2) is 6.37. The Hall–Kier alpha value is -1.72. The van der Waals surface area contributed by atoms with E-state index in [1.54, 1.807) is 24.3 Å². The first kappa shape index (κ1) is 15.7. The van der Waals surface area contributed by atoms with Crippen LogP contribution in [-0.4, -0.2) is 6.21 Å². The van der Waals surface area contributed by atoms with E-state index in [0.717, 1.165) is 6.07 Å². The Balaban J connectivity index is 2.23. The van der Waals surface area contributed by atoms with E-state index in [-0.39, 0.29) is 10.6 Å². The summed E-state index contributed by atoms with van der Waals surface area (Å²) in [4.78, 5) is 0. The Morgan fingerprint density at radius 1 is 1.05 bits per heavy atom. The van der Waals surface area contributed by atoms with Gasteiger partial charge < -0.3 is 0 Å². The number of hydrazone groups is 1. The molecule has 21 heavy (non-hydrogen) atoms. The summed E-state index contributed by atoms with van der Waals surface area (Å²) in [5.74, 6) is 0. The topological polar surface area (TPSA) is 24.4 Å². The molecular weight excluding hydrogens is 324 g/mol. The third kappa shape index (κ3) is 4.12. The number of hydrogen-bond acceptors (Lipinski definition) is 2. The second-order valence-corrected chi connectivity index (χ2v) is 4.88. The largest absolute Gasteiger partial charge is 0.417 e. The van der Waals surface area contributed by atoms with Crippen molar-refractivity contribution in [1.29, 1.82) is 0 Å². The van der Waals surface area contributed by atoms with Gasteiger partial charge in [0.1, 0.15) is 0 Å². The van der Waals surface area contributed by atoms with Gasteiger partial charge in [-0.1, -0.05) is 41.4 Å². The van der Waals surface area contributed by atoms with Crippen LogP contribution in [0, 0.1) is 0 Å². The lowest BCUT2D eigenvalue weighted by atomic mass is 10.1. The van der Waals surface area contributed by atoms with E-state index in [9.17, 15) is 13.2 Å². The maximum absolute atomic E-state index is 12.8. The molecule has 0 spiro atoms. The molecule has 0 saturated heterocycles. The number of halogens is 5. The molecule has 0 saturated carbocycles. The van der Waals surface area contributed by atoms with E-state index in [1.165, 1.54) is 12.3 Å². The van der Waals surface area contributed by atoms with Crippen molar-refractivity contribution in [3.8, 4) is 0 Å². The summed E-state index contributed by atoms with van der Waals surface area (Å²) in [5.41, 5.74) is 2.62. The number of para-hydroxylation sites is 1. The van der Waals surface area contributed by atoms with Gasteiger partial charge in [-0.3, -0.25) is 5.43 Å². The lowest BCUT2D eigenvalue weighted by Gasteiger charge is -2.11. The quantitative estimate of drug-likeness (QED) is 0.585. The number of anilines is 1. The van der Waals surface area contributed by atoms with Crippen molar-refractivity contribution in [1.82, 2.24) is 0 Å². The molecule has 0 bridgehead atoms. The molecule has 7 heteroatoms. The molecular formula is C14H9Cl2F3N2. The van der Waals surface area contributed by atoms with Crippen molar-refractivity contribution in [2.45, 2.75) is 6.18 Å². The van der Waals surface area contributed by atoms with Crippen molar-refractivity contribution in [3.05, 3.63) is 63.6 Å². The monoisotopic (exact) mass is 332 g/mol. The van der Waals surface area contributed by atoms with Gasteiger partial charge in [0.25, 0.3) is 0 Å². The van der Waals surface area contributed by atoms with Crippen LogP contribution in [-0.2, 0) is 6.18 Å². The average Bonchev–Trinajstić information content (AvgIpc) is 2.42. The number of benzene rings is 2. The van der Waals surface area contributed by atoms with Crippen molar-refractivity contribution in [3.63, 3.8) is 0 Å². The van der Waals surface area contributed by atoms with Crippen LogP contribution in [0.3, 0.4) is 0 Å². The molecule has 0 amide bonds. The molecule has 0 unspecified atom stereocenters. The van der Waals surface area contributed by atoms with Crippen LogP contribution < -0.4 is 5.43 Å². The first-order valence-corrected chi connectivity index (χ1v) is 6.54. The molecule has 2 nitrogen and oxygen atoms in total. The molecule has 0 aromatic heterocycles. The van der Waals surface area contributed by atoms with Crippen LogP contribution in [0.15, 0.2) is 47.6 Å². The zero-order valence-electron chi connectivity index (χ0n) is 10.5.